The third kappa shape index (κ3) is 3.85. The average Bonchev–Trinajstić information content (AvgIpc) is 3.42. The van der Waals surface area contributed by atoms with Gasteiger partial charge in [-0.15, -0.1) is 0 Å². The summed E-state index contributed by atoms with van der Waals surface area (Å²) in [5.74, 6) is 1.18. The van der Waals surface area contributed by atoms with E-state index in [1.54, 1.807) is 0 Å². The van der Waals surface area contributed by atoms with Crippen LogP contribution >= 0.6 is 31.9 Å². The van der Waals surface area contributed by atoms with Gasteiger partial charge in [-0.1, -0.05) is 134 Å². The van der Waals surface area contributed by atoms with Crippen LogP contribution in [-0.2, 0) is 22.4 Å². The van der Waals surface area contributed by atoms with E-state index in [1.807, 2.05) is 0 Å². The number of alkyl halides is 2. The van der Waals surface area contributed by atoms with Crippen LogP contribution in [0.4, 0.5) is 0 Å². The van der Waals surface area contributed by atoms with E-state index in [4.69, 9.17) is 0 Å². The first-order valence-electron chi connectivity index (χ1n) is 16.1. The minimum Gasteiger partial charge on any atom is -0.298 e. The molecule has 0 aliphatic heterocycles. The van der Waals surface area contributed by atoms with Crippen molar-refractivity contribution in [2.24, 2.45) is 44.3 Å². The number of rotatable bonds is 9. The topological polar surface area (TPSA) is 34.1 Å². The van der Waals surface area contributed by atoms with Gasteiger partial charge in [0.05, 0.1) is 0 Å². The Morgan fingerprint density at radius 1 is 0.619 bits per heavy atom. The number of hydrogen-bond donors (Lipinski definition) is 0. The molecule has 4 fully saturated rings. The first-order chi connectivity index (χ1) is 19.7. The fraction of sp³-hybridized carbons (Fsp3) is 0.632. The summed E-state index contributed by atoms with van der Waals surface area (Å²) in [6.45, 7) is 13.9. The van der Waals surface area contributed by atoms with Crippen molar-refractivity contribution in [1.82, 2.24) is 0 Å². The second-order valence-electron chi connectivity index (χ2n) is 15.9. The Hall–Kier alpha value is -1.26. The van der Waals surface area contributed by atoms with Crippen LogP contribution < -0.4 is 0 Å². The van der Waals surface area contributed by atoms with Crippen LogP contribution in [0.3, 0.4) is 0 Å². The van der Waals surface area contributed by atoms with E-state index < -0.39 is 21.7 Å². The molecule has 2 nitrogen and oxygen atoms in total. The molecule has 0 spiro atoms. The summed E-state index contributed by atoms with van der Waals surface area (Å²) in [4.78, 5) is 31.2. The fourth-order valence-corrected chi connectivity index (χ4v) is 13.1. The number of carbonyl (C=O) groups excluding carboxylic acids is 2. The minimum absolute atomic E-state index is 0.116. The Labute approximate surface area is 270 Å². The largest absolute Gasteiger partial charge is 0.298 e. The summed E-state index contributed by atoms with van der Waals surface area (Å²) < 4.78 is 0. The molecular formula is C38H48Br2O2. The van der Waals surface area contributed by atoms with Gasteiger partial charge in [0.25, 0.3) is 0 Å². The number of halogens is 2. The monoisotopic (exact) mass is 694 g/mol. The molecule has 0 saturated heterocycles. The molecule has 2 aromatic carbocycles. The number of carbonyl (C=O) groups is 2. The lowest BCUT2D eigenvalue weighted by Crippen LogP contribution is -2.61. The highest BCUT2D eigenvalue weighted by atomic mass is 79.9. The maximum atomic E-state index is 15.5. The fourth-order valence-electron chi connectivity index (χ4n) is 11.3. The zero-order valence-electron chi connectivity index (χ0n) is 26.3. The molecular weight excluding hydrogens is 648 g/mol. The molecule has 0 N–H and O–H groups in total. The van der Waals surface area contributed by atoms with Gasteiger partial charge in [0.15, 0.2) is 0 Å². The van der Waals surface area contributed by atoms with Crippen LogP contribution in [0.1, 0.15) is 91.2 Å². The molecule has 0 aromatic heterocycles. The molecule has 4 aliphatic carbocycles. The lowest BCUT2D eigenvalue weighted by Gasteiger charge is -2.56. The van der Waals surface area contributed by atoms with Crippen molar-refractivity contribution in [2.45, 2.75) is 103 Å². The van der Waals surface area contributed by atoms with Crippen molar-refractivity contribution in [3.05, 3.63) is 71.8 Å². The Morgan fingerprint density at radius 2 is 0.952 bits per heavy atom. The molecule has 0 radical (unpaired) electrons. The highest BCUT2D eigenvalue weighted by Crippen LogP contribution is 2.83. The summed E-state index contributed by atoms with van der Waals surface area (Å²) in [6, 6.07) is 21.3. The second kappa shape index (κ2) is 10.1. The highest BCUT2D eigenvalue weighted by molar-refractivity contribution is 9.09. The van der Waals surface area contributed by atoms with Gasteiger partial charge in [0, 0.05) is 31.3 Å². The maximum absolute atomic E-state index is 15.5. The summed E-state index contributed by atoms with van der Waals surface area (Å²) in [6.07, 6.45) is 7.11. The number of ketones is 2. The molecule has 0 heterocycles. The van der Waals surface area contributed by atoms with Crippen LogP contribution in [-0.4, -0.2) is 21.2 Å². The van der Waals surface area contributed by atoms with Crippen molar-refractivity contribution in [3.8, 4) is 0 Å². The normalized spacial score (nSPS) is 39.1. The molecule has 42 heavy (non-hydrogen) atoms. The first-order valence-corrected chi connectivity index (χ1v) is 18.0. The summed E-state index contributed by atoms with van der Waals surface area (Å²) >= 11 is 8.29. The first kappa shape index (κ1) is 30.8. The molecule has 8 atom stereocenters. The van der Waals surface area contributed by atoms with Gasteiger partial charge in [-0.3, -0.25) is 9.59 Å². The third-order valence-electron chi connectivity index (χ3n) is 13.9. The van der Waals surface area contributed by atoms with Gasteiger partial charge < -0.3 is 0 Å². The lowest BCUT2D eigenvalue weighted by molar-refractivity contribution is -0.166. The predicted octanol–water partition coefficient (Wildman–Crippen LogP) is 9.80. The zero-order valence-corrected chi connectivity index (χ0v) is 29.5. The smallest absolute Gasteiger partial charge is 0.146 e. The van der Waals surface area contributed by atoms with Gasteiger partial charge >= 0.3 is 0 Å². The number of fused-ring (bicyclic) bond motifs is 4. The van der Waals surface area contributed by atoms with Gasteiger partial charge in [-0.05, 0) is 85.2 Å². The number of hydrogen-bond acceptors (Lipinski definition) is 2. The molecule has 4 bridgehead atoms. The Kier molecular flexibility index (Phi) is 7.42. The maximum Gasteiger partial charge on any atom is 0.146 e. The zero-order chi connectivity index (χ0) is 30.3. The van der Waals surface area contributed by atoms with Gasteiger partial charge in [0.2, 0.25) is 0 Å². The molecule has 4 saturated carbocycles. The molecule has 4 aliphatic rings. The van der Waals surface area contributed by atoms with Crippen LogP contribution in [0.15, 0.2) is 60.7 Å². The Morgan fingerprint density at radius 3 is 1.24 bits per heavy atom. The third-order valence-corrected chi connectivity index (χ3v) is 15.2. The Bertz CT molecular complexity index is 1260. The molecule has 6 rings (SSSR count). The van der Waals surface area contributed by atoms with Crippen molar-refractivity contribution in [2.75, 3.05) is 0 Å². The van der Waals surface area contributed by atoms with E-state index >= 15 is 9.59 Å². The molecule has 0 amide bonds. The lowest BCUT2D eigenvalue weighted by atomic mass is 9.45. The SMILES string of the molecule is CC1(C)[C@@H]2CC[C@@]1(C)C(=O)[C@@]2(C[C@H](Br)Cc1ccccc1)[C@]1(C[C@@H](Br)Cc2ccccc2)C(=O)[C@@]2(C)CC[C@H]1C2(C)C. The summed E-state index contributed by atoms with van der Waals surface area (Å²) in [7, 11) is 0. The van der Waals surface area contributed by atoms with Crippen LogP contribution in [0.2, 0.25) is 0 Å². The van der Waals surface area contributed by atoms with E-state index in [-0.39, 0.29) is 32.3 Å². The average molecular weight is 697 g/mol. The highest BCUT2D eigenvalue weighted by Gasteiger charge is 2.85. The van der Waals surface area contributed by atoms with Crippen LogP contribution in [0.25, 0.3) is 0 Å². The minimum atomic E-state index is -0.688. The Balaban J connectivity index is 1.53. The van der Waals surface area contributed by atoms with Crippen molar-refractivity contribution < 1.29 is 9.59 Å². The molecule has 226 valence electrons. The van der Waals surface area contributed by atoms with Crippen LogP contribution in [0.5, 0.6) is 0 Å². The van der Waals surface area contributed by atoms with Crippen molar-refractivity contribution in [3.63, 3.8) is 0 Å². The van der Waals surface area contributed by atoms with Crippen molar-refractivity contribution >= 4 is 43.4 Å². The van der Waals surface area contributed by atoms with Crippen molar-refractivity contribution in [1.29, 1.82) is 0 Å². The number of Topliss-reactive ketones (excluding diaryl/α,β-unsaturated/α-hetero) is 2. The van der Waals surface area contributed by atoms with Gasteiger partial charge in [-0.2, -0.15) is 0 Å². The molecule has 0 unspecified atom stereocenters. The second-order valence-corrected chi connectivity index (χ2v) is 18.5. The van der Waals surface area contributed by atoms with E-state index in [1.165, 1.54) is 11.1 Å². The van der Waals surface area contributed by atoms with E-state index in [2.05, 4.69) is 134 Å². The molecule has 2 aromatic rings. The van der Waals surface area contributed by atoms with Crippen LogP contribution in [0, 0.1) is 44.3 Å². The predicted molar refractivity (Wildman–Crippen MR) is 179 cm³/mol. The quantitative estimate of drug-likeness (QED) is 0.245. The molecule has 4 heteroatoms. The summed E-state index contributed by atoms with van der Waals surface area (Å²) in [5, 5.41) is 0. The van der Waals surface area contributed by atoms with Gasteiger partial charge in [-0.25, -0.2) is 0 Å². The van der Waals surface area contributed by atoms with E-state index in [0.717, 1.165) is 51.4 Å². The number of benzene rings is 2. The summed E-state index contributed by atoms with van der Waals surface area (Å²) in [5.41, 5.74) is 0.0726. The van der Waals surface area contributed by atoms with Gasteiger partial charge in [0.1, 0.15) is 11.6 Å². The standard InChI is InChI=1S/C38H48Br2O2/c1-33(2)29-17-19-35(33,5)31(41)37(29,23-27(39)21-25-13-9-7-10-14-25)38(24-28(40)22-26-15-11-8-12-16-26)30-18-20-36(6,32(38)42)34(30,3)4/h7-16,27-30H,17-24H2,1-6H3/t27-,28+,29-,30-,35+,36-,37-,38-/m0/s1. The van der Waals surface area contributed by atoms with E-state index in [9.17, 15) is 0 Å². The van der Waals surface area contributed by atoms with E-state index in [0.29, 0.717) is 11.6 Å².